The fourth-order valence-electron chi connectivity index (χ4n) is 3.36. The molecule has 0 saturated heterocycles. The minimum Gasteiger partial charge on any atom is -0.465 e. The minimum absolute atomic E-state index is 0.0225. The van der Waals surface area contributed by atoms with Crippen LogP contribution in [0.15, 0.2) is 41.2 Å². The Labute approximate surface area is 157 Å². The van der Waals surface area contributed by atoms with Gasteiger partial charge in [0.15, 0.2) is 11.5 Å². The van der Waals surface area contributed by atoms with E-state index in [1.807, 2.05) is 44.2 Å². The molecule has 7 nitrogen and oxygen atoms in total. The number of methoxy groups -OCH3 is 2. The normalized spacial score (nSPS) is 18.6. The summed E-state index contributed by atoms with van der Waals surface area (Å²) in [7, 11) is 2.39. The summed E-state index contributed by atoms with van der Waals surface area (Å²) in [4.78, 5) is 37.8. The number of allylic oxidation sites excluding steroid dienone is 1. The van der Waals surface area contributed by atoms with E-state index < -0.39 is 23.3 Å². The van der Waals surface area contributed by atoms with Gasteiger partial charge >= 0.3 is 11.9 Å². The lowest BCUT2D eigenvalue weighted by Crippen LogP contribution is -2.50. The zero-order valence-electron chi connectivity index (χ0n) is 15.8. The topological polar surface area (TPSA) is 84.9 Å². The lowest BCUT2D eigenvalue weighted by molar-refractivity contribution is -0.142. The van der Waals surface area contributed by atoms with E-state index in [-0.39, 0.29) is 17.7 Å². The number of nitrogens with zero attached hydrogens (tertiary/aromatic N) is 1. The van der Waals surface area contributed by atoms with Crippen molar-refractivity contribution in [3.8, 4) is 0 Å². The van der Waals surface area contributed by atoms with Gasteiger partial charge in [-0.3, -0.25) is 9.80 Å². The predicted molar refractivity (Wildman–Crippen MR) is 97.9 cm³/mol. The van der Waals surface area contributed by atoms with Crippen LogP contribution in [0, 0.1) is 0 Å². The number of rotatable bonds is 3. The molecule has 3 rings (SSSR count). The van der Waals surface area contributed by atoms with Gasteiger partial charge in [-0.15, -0.1) is 0 Å². The van der Waals surface area contributed by atoms with Crippen molar-refractivity contribution in [3.63, 3.8) is 0 Å². The first kappa shape index (κ1) is 18.8. The summed E-state index contributed by atoms with van der Waals surface area (Å²) in [6.07, 6.45) is 2.49. The molecule has 0 radical (unpaired) electrons. The minimum atomic E-state index is -0.860. The number of fused-ring (bicyclic) bond motifs is 1. The number of hydrazine groups is 1. The first-order valence-corrected chi connectivity index (χ1v) is 8.58. The number of carbonyl (C=O) groups is 3. The fourth-order valence-corrected chi connectivity index (χ4v) is 3.36. The van der Waals surface area contributed by atoms with Crippen LogP contribution in [0.2, 0.25) is 0 Å². The highest BCUT2D eigenvalue weighted by Gasteiger charge is 2.41. The Balaban J connectivity index is 2.18. The van der Waals surface area contributed by atoms with Gasteiger partial charge in [0.05, 0.1) is 14.2 Å². The average Bonchev–Trinajstić information content (AvgIpc) is 3.02. The molecule has 0 spiro atoms. The third-order valence-electron chi connectivity index (χ3n) is 4.56. The number of ketones is 1. The largest absolute Gasteiger partial charge is 0.465 e. The highest BCUT2D eigenvalue weighted by molar-refractivity contribution is 6.22. The molecular formula is C20H22N2O5. The molecule has 1 aromatic carbocycles. The SMILES string of the molecule is COC(=O)C1=C(C(=O)OC)N(C2=Cc3ccccc3C2)NC(C)(C)CC1=O. The Hall–Kier alpha value is -2.93. The Morgan fingerprint density at radius 3 is 2.41 bits per heavy atom. The molecule has 0 atom stereocenters. The molecule has 0 saturated carbocycles. The van der Waals surface area contributed by atoms with Crippen LogP contribution in [0.4, 0.5) is 0 Å². The second-order valence-electron chi connectivity index (χ2n) is 7.15. The van der Waals surface area contributed by atoms with Crippen LogP contribution in [-0.4, -0.2) is 42.5 Å². The van der Waals surface area contributed by atoms with Crippen molar-refractivity contribution in [2.75, 3.05) is 14.2 Å². The highest BCUT2D eigenvalue weighted by Crippen LogP contribution is 2.33. The molecule has 1 N–H and O–H groups in total. The standard InChI is InChI=1S/C20H22N2O5/c1-20(2)11-15(23)16(18(24)26-3)17(19(25)27-4)22(21-20)14-9-12-7-5-6-8-13(12)10-14/h5-9,21H,10-11H2,1-4H3. The van der Waals surface area contributed by atoms with Crippen LogP contribution in [0.3, 0.4) is 0 Å². The van der Waals surface area contributed by atoms with Crippen LogP contribution in [0.1, 0.15) is 31.4 Å². The van der Waals surface area contributed by atoms with Crippen molar-refractivity contribution in [3.05, 3.63) is 52.4 Å². The number of carbonyl (C=O) groups excluding carboxylic acids is 3. The van der Waals surface area contributed by atoms with Gasteiger partial charge in [0.1, 0.15) is 5.57 Å². The number of Topliss-reactive ketones (excluding diaryl/α,β-unsaturated/α-hetero) is 1. The van der Waals surface area contributed by atoms with E-state index in [0.717, 1.165) is 16.8 Å². The van der Waals surface area contributed by atoms with Crippen molar-refractivity contribution in [1.29, 1.82) is 0 Å². The van der Waals surface area contributed by atoms with Crippen molar-refractivity contribution >= 4 is 23.8 Å². The van der Waals surface area contributed by atoms with Crippen LogP contribution in [-0.2, 0) is 30.3 Å². The average molecular weight is 370 g/mol. The Morgan fingerprint density at radius 1 is 1.11 bits per heavy atom. The van der Waals surface area contributed by atoms with Gasteiger partial charge in [-0.05, 0) is 31.1 Å². The molecule has 0 aromatic heterocycles. The summed E-state index contributed by atoms with van der Waals surface area (Å²) in [6.45, 7) is 3.66. The van der Waals surface area contributed by atoms with E-state index in [1.54, 1.807) is 0 Å². The first-order valence-electron chi connectivity index (χ1n) is 8.58. The van der Waals surface area contributed by atoms with Gasteiger partial charge in [-0.25, -0.2) is 15.0 Å². The second kappa shape index (κ2) is 7.00. The zero-order valence-corrected chi connectivity index (χ0v) is 15.8. The zero-order chi connectivity index (χ0) is 19.8. The van der Waals surface area contributed by atoms with Crippen LogP contribution in [0.5, 0.6) is 0 Å². The summed E-state index contributed by atoms with van der Waals surface area (Å²) in [6, 6.07) is 7.84. The smallest absolute Gasteiger partial charge is 0.357 e. The number of hydrogen-bond donors (Lipinski definition) is 1. The molecule has 27 heavy (non-hydrogen) atoms. The molecule has 0 bridgehead atoms. The maximum Gasteiger partial charge on any atom is 0.357 e. The van der Waals surface area contributed by atoms with E-state index in [4.69, 9.17) is 9.47 Å². The molecule has 7 heteroatoms. The Morgan fingerprint density at radius 2 is 1.78 bits per heavy atom. The van der Waals surface area contributed by atoms with Crippen LogP contribution in [0.25, 0.3) is 6.08 Å². The monoisotopic (exact) mass is 370 g/mol. The molecule has 1 aliphatic heterocycles. The van der Waals surface area contributed by atoms with Gasteiger partial charge in [0.25, 0.3) is 0 Å². The summed E-state index contributed by atoms with van der Waals surface area (Å²) in [5, 5.41) is 1.50. The van der Waals surface area contributed by atoms with Gasteiger partial charge in [0, 0.05) is 24.1 Å². The number of nitrogens with one attached hydrogen (secondary N) is 1. The highest BCUT2D eigenvalue weighted by atomic mass is 16.5. The van der Waals surface area contributed by atoms with Gasteiger partial charge in [-0.2, -0.15) is 0 Å². The van der Waals surface area contributed by atoms with Gasteiger partial charge < -0.3 is 9.47 Å². The van der Waals surface area contributed by atoms with E-state index in [2.05, 4.69) is 5.43 Å². The quantitative estimate of drug-likeness (QED) is 0.641. The maximum atomic E-state index is 12.8. The van der Waals surface area contributed by atoms with E-state index >= 15 is 0 Å². The molecule has 1 heterocycles. The number of benzene rings is 1. The molecule has 0 amide bonds. The molecular weight excluding hydrogens is 348 g/mol. The molecule has 0 unspecified atom stereocenters. The molecule has 1 aliphatic carbocycles. The van der Waals surface area contributed by atoms with E-state index in [1.165, 1.54) is 19.2 Å². The molecule has 1 aromatic rings. The molecule has 142 valence electrons. The number of esters is 2. The van der Waals surface area contributed by atoms with Crippen LogP contribution >= 0.6 is 0 Å². The third-order valence-corrected chi connectivity index (χ3v) is 4.56. The van der Waals surface area contributed by atoms with Gasteiger partial charge in [0.2, 0.25) is 0 Å². The first-order chi connectivity index (χ1) is 12.8. The van der Waals surface area contributed by atoms with Gasteiger partial charge in [-0.1, -0.05) is 24.3 Å². The summed E-state index contributed by atoms with van der Waals surface area (Å²) < 4.78 is 9.67. The predicted octanol–water partition coefficient (Wildman–Crippen LogP) is 1.74. The number of ether oxygens (including phenoxy) is 2. The van der Waals surface area contributed by atoms with Crippen molar-refractivity contribution < 1.29 is 23.9 Å². The van der Waals surface area contributed by atoms with E-state index in [9.17, 15) is 14.4 Å². The lowest BCUT2D eigenvalue weighted by atomic mass is 9.95. The number of hydrogen-bond acceptors (Lipinski definition) is 7. The second-order valence-corrected chi connectivity index (χ2v) is 7.15. The molecule has 2 aliphatic rings. The lowest BCUT2D eigenvalue weighted by Gasteiger charge is -2.34. The fraction of sp³-hybridized carbons (Fsp3) is 0.350. The summed E-state index contributed by atoms with van der Waals surface area (Å²) >= 11 is 0. The van der Waals surface area contributed by atoms with Crippen LogP contribution < -0.4 is 5.43 Å². The Bertz CT molecular complexity index is 882. The van der Waals surface area contributed by atoms with Crippen molar-refractivity contribution in [2.24, 2.45) is 0 Å². The van der Waals surface area contributed by atoms with Crippen molar-refractivity contribution in [1.82, 2.24) is 10.4 Å². The van der Waals surface area contributed by atoms with Crippen molar-refractivity contribution in [2.45, 2.75) is 32.2 Å². The molecule has 0 fully saturated rings. The Kier molecular flexibility index (Phi) is 4.89. The van der Waals surface area contributed by atoms with E-state index in [0.29, 0.717) is 6.42 Å². The summed E-state index contributed by atoms with van der Waals surface area (Å²) in [5.74, 6) is -2.12. The summed E-state index contributed by atoms with van der Waals surface area (Å²) in [5.41, 5.74) is 4.91. The third kappa shape index (κ3) is 3.50. The maximum absolute atomic E-state index is 12.8.